The van der Waals surface area contributed by atoms with Crippen molar-refractivity contribution < 1.29 is 9.13 Å². The van der Waals surface area contributed by atoms with Crippen molar-refractivity contribution in [1.82, 2.24) is 5.32 Å². The summed E-state index contributed by atoms with van der Waals surface area (Å²) in [4.78, 5) is 0. The zero-order valence-electron chi connectivity index (χ0n) is 11.3. The fourth-order valence-electron chi connectivity index (χ4n) is 2.56. The average molecular weight is 269 g/mol. The van der Waals surface area contributed by atoms with Crippen LogP contribution in [-0.2, 0) is 5.75 Å². The largest absolute Gasteiger partial charge is 0.494 e. The molecule has 0 saturated carbocycles. The molecule has 4 heteroatoms. The Labute approximate surface area is 112 Å². The smallest absolute Gasteiger partial charge is 0.169 e. The van der Waals surface area contributed by atoms with Crippen LogP contribution in [0.1, 0.15) is 31.0 Å². The molecule has 2 rings (SSSR count). The average Bonchev–Trinajstić information content (AvgIpc) is 2.37. The summed E-state index contributed by atoms with van der Waals surface area (Å²) in [7, 11) is 3.45. The van der Waals surface area contributed by atoms with Crippen molar-refractivity contribution >= 4 is 11.8 Å². The number of fused-ring (bicyclic) bond motifs is 1. The SMILES string of the molecule is CNC1c2ccc(OC)c(F)c2CSC1C(C)C. The molecule has 0 spiro atoms. The summed E-state index contributed by atoms with van der Waals surface area (Å²) < 4.78 is 19.3. The molecule has 1 aromatic rings. The number of nitrogens with one attached hydrogen (secondary N) is 1. The predicted molar refractivity (Wildman–Crippen MR) is 74.7 cm³/mol. The normalized spacial score (nSPS) is 23.0. The van der Waals surface area contributed by atoms with Crippen LogP contribution in [0.4, 0.5) is 4.39 Å². The summed E-state index contributed by atoms with van der Waals surface area (Å²) in [6.45, 7) is 4.43. The molecule has 0 fully saturated rings. The zero-order valence-corrected chi connectivity index (χ0v) is 12.1. The summed E-state index contributed by atoms with van der Waals surface area (Å²) in [6.07, 6.45) is 0. The molecule has 2 unspecified atom stereocenters. The third-order valence-electron chi connectivity index (χ3n) is 3.52. The molecule has 1 aliphatic heterocycles. The van der Waals surface area contributed by atoms with Crippen LogP contribution < -0.4 is 10.1 Å². The van der Waals surface area contributed by atoms with Crippen LogP contribution in [0.5, 0.6) is 5.75 Å². The number of methoxy groups -OCH3 is 1. The highest BCUT2D eigenvalue weighted by atomic mass is 32.2. The molecule has 1 aromatic carbocycles. The van der Waals surface area contributed by atoms with Crippen LogP contribution >= 0.6 is 11.8 Å². The van der Waals surface area contributed by atoms with Gasteiger partial charge in [-0.2, -0.15) is 11.8 Å². The van der Waals surface area contributed by atoms with Gasteiger partial charge in [0, 0.05) is 22.6 Å². The van der Waals surface area contributed by atoms with Gasteiger partial charge in [-0.3, -0.25) is 0 Å². The van der Waals surface area contributed by atoms with Gasteiger partial charge in [0.25, 0.3) is 0 Å². The van der Waals surface area contributed by atoms with Crippen LogP contribution in [0.3, 0.4) is 0 Å². The molecule has 0 saturated heterocycles. The van der Waals surface area contributed by atoms with Gasteiger partial charge < -0.3 is 10.1 Å². The molecule has 0 amide bonds. The predicted octanol–water partition coefficient (Wildman–Crippen LogP) is 3.37. The van der Waals surface area contributed by atoms with Crippen LogP contribution in [0.2, 0.25) is 0 Å². The Morgan fingerprint density at radius 2 is 2.17 bits per heavy atom. The van der Waals surface area contributed by atoms with Gasteiger partial charge in [0.05, 0.1) is 7.11 Å². The van der Waals surface area contributed by atoms with Gasteiger partial charge in [-0.25, -0.2) is 4.39 Å². The number of hydrogen-bond donors (Lipinski definition) is 1. The Hall–Kier alpha value is -0.740. The van der Waals surface area contributed by atoms with Gasteiger partial charge >= 0.3 is 0 Å². The Morgan fingerprint density at radius 1 is 1.44 bits per heavy atom. The second-order valence-electron chi connectivity index (χ2n) is 4.94. The maximum atomic E-state index is 14.2. The molecule has 1 heterocycles. The lowest BCUT2D eigenvalue weighted by Crippen LogP contribution is -2.34. The standard InChI is InChI=1S/C14H20FNOS/c1-8(2)14-13(16-3)9-5-6-11(17-4)12(15)10(9)7-18-14/h5-6,8,13-14,16H,7H2,1-4H3. The van der Waals surface area contributed by atoms with Crippen molar-refractivity contribution in [3.05, 3.63) is 29.1 Å². The van der Waals surface area contributed by atoms with Gasteiger partial charge in [-0.1, -0.05) is 19.9 Å². The highest BCUT2D eigenvalue weighted by Gasteiger charge is 2.33. The minimum absolute atomic E-state index is 0.204. The second-order valence-corrected chi connectivity index (χ2v) is 6.10. The summed E-state index contributed by atoms with van der Waals surface area (Å²) in [5, 5.41) is 3.81. The van der Waals surface area contributed by atoms with Crippen molar-refractivity contribution in [3.63, 3.8) is 0 Å². The fraction of sp³-hybridized carbons (Fsp3) is 0.571. The molecule has 0 bridgehead atoms. The van der Waals surface area contributed by atoms with Crippen LogP contribution in [0, 0.1) is 11.7 Å². The van der Waals surface area contributed by atoms with Gasteiger partial charge in [0.15, 0.2) is 11.6 Å². The lowest BCUT2D eigenvalue weighted by molar-refractivity contribution is 0.382. The lowest BCUT2D eigenvalue weighted by Gasteiger charge is -2.35. The summed E-state index contributed by atoms with van der Waals surface area (Å²) in [6, 6.07) is 3.93. The first kappa shape index (κ1) is 13.7. The van der Waals surface area contributed by atoms with E-state index in [0.717, 1.165) is 16.9 Å². The first-order valence-corrected chi connectivity index (χ1v) is 7.29. The zero-order chi connectivity index (χ0) is 13.3. The highest BCUT2D eigenvalue weighted by Crippen LogP contribution is 2.43. The van der Waals surface area contributed by atoms with Gasteiger partial charge in [-0.05, 0) is 24.6 Å². The topological polar surface area (TPSA) is 21.3 Å². The summed E-state index contributed by atoms with van der Waals surface area (Å²) in [5.41, 5.74) is 1.86. The molecule has 0 aliphatic carbocycles. The van der Waals surface area contributed by atoms with Gasteiger partial charge in [-0.15, -0.1) is 0 Å². The number of thioether (sulfide) groups is 1. The van der Waals surface area contributed by atoms with E-state index in [1.165, 1.54) is 7.11 Å². The maximum Gasteiger partial charge on any atom is 0.169 e. The van der Waals surface area contributed by atoms with E-state index in [4.69, 9.17) is 4.74 Å². The number of ether oxygens (including phenoxy) is 1. The summed E-state index contributed by atoms with van der Waals surface area (Å²) >= 11 is 1.82. The molecule has 18 heavy (non-hydrogen) atoms. The molecular formula is C14H20FNOS. The molecule has 0 aromatic heterocycles. The van der Waals surface area contributed by atoms with E-state index < -0.39 is 0 Å². The van der Waals surface area contributed by atoms with E-state index in [-0.39, 0.29) is 11.9 Å². The van der Waals surface area contributed by atoms with Crippen LogP contribution in [-0.4, -0.2) is 19.4 Å². The Kier molecular flexibility index (Phi) is 4.17. The lowest BCUT2D eigenvalue weighted by atomic mass is 9.92. The molecule has 2 nitrogen and oxygen atoms in total. The number of rotatable bonds is 3. The van der Waals surface area contributed by atoms with Crippen molar-refractivity contribution in [2.75, 3.05) is 14.2 Å². The Bertz CT molecular complexity index is 436. The molecule has 0 radical (unpaired) electrons. The number of benzene rings is 1. The van der Waals surface area contributed by atoms with Crippen molar-refractivity contribution in [3.8, 4) is 5.75 Å². The third-order valence-corrected chi connectivity index (χ3v) is 5.17. The van der Waals surface area contributed by atoms with E-state index in [0.29, 0.717) is 16.9 Å². The monoisotopic (exact) mass is 269 g/mol. The number of halogens is 1. The molecule has 2 atom stereocenters. The van der Waals surface area contributed by atoms with Crippen molar-refractivity contribution in [1.29, 1.82) is 0 Å². The summed E-state index contributed by atoms with van der Waals surface area (Å²) in [5.74, 6) is 1.42. The Morgan fingerprint density at radius 3 is 2.72 bits per heavy atom. The second kappa shape index (κ2) is 5.49. The maximum absolute atomic E-state index is 14.2. The Balaban J connectivity index is 2.45. The van der Waals surface area contributed by atoms with E-state index in [2.05, 4.69) is 19.2 Å². The van der Waals surface area contributed by atoms with Gasteiger partial charge in [0.1, 0.15) is 0 Å². The third kappa shape index (κ3) is 2.24. The van der Waals surface area contributed by atoms with E-state index in [1.807, 2.05) is 24.9 Å². The minimum atomic E-state index is -0.204. The van der Waals surface area contributed by atoms with E-state index in [9.17, 15) is 4.39 Å². The first-order chi connectivity index (χ1) is 8.60. The van der Waals surface area contributed by atoms with Crippen molar-refractivity contribution in [2.24, 2.45) is 5.92 Å². The first-order valence-electron chi connectivity index (χ1n) is 6.24. The quantitative estimate of drug-likeness (QED) is 0.909. The highest BCUT2D eigenvalue weighted by molar-refractivity contribution is 7.99. The van der Waals surface area contributed by atoms with Crippen LogP contribution in [0.25, 0.3) is 0 Å². The molecule has 100 valence electrons. The van der Waals surface area contributed by atoms with E-state index >= 15 is 0 Å². The van der Waals surface area contributed by atoms with Gasteiger partial charge in [0.2, 0.25) is 0 Å². The minimum Gasteiger partial charge on any atom is -0.494 e. The molecular weight excluding hydrogens is 249 g/mol. The number of hydrogen-bond acceptors (Lipinski definition) is 3. The van der Waals surface area contributed by atoms with Crippen LogP contribution in [0.15, 0.2) is 12.1 Å². The molecule has 1 N–H and O–H groups in total. The van der Waals surface area contributed by atoms with E-state index in [1.54, 1.807) is 6.07 Å². The fourth-order valence-corrected chi connectivity index (χ4v) is 4.07. The molecule has 1 aliphatic rings. The van der Waals surface area contributed by atoms with Crippen molar-refractivity contribution in [2.45, 2.75) is 30.9 Å².